The fourth-order valence-electron chi connectivity index (χ4n) is 2.77. The number of hydrogen-bond acceptors (Lipinski definition) is 3. The van der Waals surface area contributed by atoms with Gasteiger partial charge in [-0.15, -0.1) is 0 Å². The number of nitrogens with zero attached hydrogens (tertiary/aromatic N) is 2. The molecule has 0 saturated carbocycles. The van der Waals surface area contributed by atoms with E-state index >= 15 is 0 Å². The molecule has 2 unspecified atom stereocenters. The van der Waals surface area contributed by atoms with Gasteiger partial charge in [-0.2, -0.15) is 0 Å². The maximum Gasteiger partial charge on any atom is 0.0948 e. The minimum atomic E-state index is 0.478. The minimum absolute atomic E-state index is 0.478. The van der Waals surface area contributed by atoms with Gasteiger partial charge in [-0.3, -0.25) is 4.98 Å². The van der Waals surface area contributed by atoms with Gasteiger partial charge in [-0.1, -0.05) is 11.6 Å². The van der Waals surface area contributed by atoms with Crippen molar-refractivity contribution >= 4 is 28.2 Å². The Labute approximate surface area is 118 Å². The second kappa shape index (κ2) is 4.99. The number of pyridine rings is 1. The molecule has 1 aliphatic heterocycles. The molecule has 1 fully saturated rings. The Kier molecular flexibility index (Phi) is 3.33. The van der Waals surface area contributed by atoms with E-state index in [2.05, 4.69) is 29.2 Å². The molecule has 1 aliphatic rings. The molecule has 1 aromatic carbocycles. The normalized spacial score (nSPS) is 23.9. The van der Waals surface area contributed by atoms with Gasteiger partial charge in [0.1, 0.15) is 0 Å². The van der Waals surface area contributed by atoms with E-state index in [-0.39, 0.29) is 0 Å². The van der Waals surface area contributed by atoms with E-state index in [9.17, 15) is 0 Å². The molecule has 0 radical (unpaired) electrons. The molecule has 4 heteroatoms. The van der Waals surface area contributed by atoms with Crippen molar-refractivity contribution in [3.8, 4) is 0 Å². The quantitative estimate of drug-likeness (QED) is 0.911. The van der Waals surface area contributed by atoms with Crippen molar-refractivity contribution in [2.75, 3.05) is 18.9 Å². The van der Waals surface area contributed by atoms with Gasteiger partial charge < -0.3 is 10.2 Å². The van der Waals surface area contributed by atoms with E-state index in [1.807, 2.05) is 30.5 Å². The van der Waals surface area contributed by atoms with Crippen molar-refractivity contribution in [1.29, 1.82) is 0 Å². The number of aromatic nitrogens is 1. The number of likely N-dealkylation sites (N-methyl/N-ethyl adjacent to an activating group) is 1. The number of likely N-dealkylation sites (tertiary alicyclic amines) is 1. The minimum Gasteiger partial charge on any atom is -0.379 e. The van der Waals surface area contributed by atoms with Gasteiger partial charge in [0.05, 0.1) is 16.2 Å². The Balaban J connectivity index is 1.92. The molecule has 3 nitrogen and oxygen atoms in total. The van der Waals surface area contributed by atoms with Crippen LogP contribution in [0, 0.1) is 0 Å². The molecular formula is C15H18ClN3. The number of rotatable bonds is 2. The fourth-order valence-corrected chi connectivity index (χ4v) is 2.99. The summed E-state index contributed by atoms with van der Waals surface area (Å²) in [5, 5.41) is 5.37. The Morgan fingerprint density at radius 1 is 1.37 bits per heavy atom. The molecule has 1 N–H and O–H groups in total. The van der Waals surface area contributed by atoms with E-state index in [1.165, 1.54) is 0 Å². The first kappa shape index (κ1) is 12.7. The van der Waals surface area contributed by atoms with Gasteiger partial charge in [0.25, 0.3) is 0 Å². The Morgan fingerprint density at radius 3 is 2.95 bits per heavy atom. The van der Waals surface area contributed by atoms with Gasteiger partial charge in [-0.25, -0.2) is 0 Å². The first-order valence-corrected chi connectivity index (χ1v) is 7.03. The van der Waals surface area contributed by atoms with Crippen molar-refractivity contribution in [3.63, 3.8) is 0 Å². The highest BCUT2D eigenvalue weighted by atomic mass is 35.5. The van der Waals surface area contributed by atoms with Gasteiger partial charge >= 0.3 is 0 Å². The smallest absolute Gasteiger partial charge is 0.0948 e. The van der Waals surface area contributed by atoms with Crippen molar-refractivity contribution < 1.29 is 0 Å². The second-order valence-corrected chi connectivity index (χ2v) is 5.77. The molecule has 0 bridgehead atoms. The van der Waals surface area contributed by atoms with Crippen LogP contribution >= 0.6 is 11.6 Å². The Hall–Kier alpha value is -1.32. The molecule has 2 aromatic rings. The zero-order valence-corrected chi connectivity index (χ0v) is 12.0. The number of anilines is 1. The highest BCUT2D eigenvalue weighted by molar-refractivity contribution is 6.35. The zero-order chi connectivity index (χ0) is 13.4. The predicted molar refractivity (Wildman–Crippen MR) is 80.9 cm³/mol. The van der Waals surface area contributed by atoms with Crippen LogP contribution in [0.25, 0.3) is 10.9 Å². The first-order valence-electron chi connectivity index (χ1n) is 6.65. The monoisotopic (exact) mass is 275 g/mol. The van der Waals surface area contributed by atoms with E-state index in [1.54, 1.807) is 0 Å². The second-order valence-electron chi connectivity index (χ2n) is 5.36. The van der Waals surface area contributed by atoms with Crippen LogP contribution in [-0.4, -0.2) is 35.6 Å². The summed E-state index contributed by atoms with van der Waals surface area (Å²) in [5.41, 5.74) is 2.03. The maximum atomic E-state index is 6.22. The van der Waals surface area contributed by atoms with Gasteiger partial charge in [0, 0.05) is 30.2 Å². The average molecular weight is 276 g/mol. The van der Waals surface area contributed by atoms with Crippen LogP contribution in [0.2, 0.25) is 5.02 Å². The fraction of sp³-hybridized carbons (Fsp3) is 0.400. The Morgan fingerprint density at radius 2 is 2.21 bits per heavy atom. The number of benzene rings is 1. The standard InChI is InChI=1S/C15H18ClN3/c1-10-8-11(9-19(10)2)18-14-6-5-13(16)12-4-3-7-17-15(12)14/h3-7,10-11,18H,8-9H2,1-2H3. The number of nitrogens with one attached hydrogen (secondary N) is 1. The molecule has 0 aliphatic carbocycles. The van der Waals surface area contributed by atoms with Gasteiger partial charge in [0.15, 0.2) is 0 Å². The molecule has 1 aromatic heterocycles. The molecule has 0 amide bonds. The number of hydrogen-bond donors (Lipinski definition) is 1. The van der Waals surface area contributed by atoms with Crippen LogP contribution in [0.1, 0.15) is 13.3 Å². The average Bonchev–Trinajstić information content (AvgIpc) is 2.72. The molecule has 1 saturated heterocycles. The maximum absolute atomic E-state index is 6.22. The molecule has 100 valence electrons. The van der Waals surface area contributed by atoms with Crippen LogP contribution in [0.3, 0.4) is 0 Å². The van der Waals surface area contributed by atoms with Crippen LogP contribution in [-0.2, 0) is 0 Å². The van der Waals surface area contributed by atoms with Crippen LogP contribution in [0.4, 0.5) is 5.69 Å². The topological polar surface area (TPSA) is 28.2 Å². The number of fused-ring (bicyclic) bond motifs is 1. The van der Waals surface area contributed by atoms with Crippen molar-refractivity contribution in [1.82, 2.24) is 9.88 Å². The summed E-state index contributed by atoms with van der Waals surface area (Å²) in [6, 6.07) is 9.01. The third-order valence-electron chi connectivity index (χ3n) is 3.96. The lowest BCUT2D eigenvalue weighted by Crippen LogP contribution is -2.25. The molecule has 3 rings (SSSR count). The SMILES string of the molecule is CC1CC(Nc2ccc(Cl)c3cccnc23)CN1C. The highest BCUT2D eigenvalue weighted by Gasteiger charge is 2.26. The van der Waals surface area contributed by atoms with Crippen LogP contribution in [0.5, 0.6) is 0 Å². The largest absolute Gasteiger partial charge is 0.379 e. The van der Waals surface area contributed by atoms with Gasteiger partial charge in [0.2, 0.25) is 0 Å². The molecule has 2 atom stereocenters. The summed E-state index contributed by atoms with van der Waals surface area (Å²) < 4.78 is 0. The first-order chi connectivity index (χ1) is 9.15. The molecule has 2 heterocycles. The van der Waals surface area contributed by atoms with Crippen LogP contribution < -0.4 is 5.32 Å². The summed E-state index contributed by atoms with van der Waals surface area (Å²) in [4.78, 5) is 6.84. The predicted octanol–water partition coefficient (Wildman–Crippen LogP) is 3.39. The van der Waals surface area contributed by atoms with Crippen molar-refractivity contribution in [2.24, 2.45) is 0 Å². The third kappa shape index (κ3) is 2.40. The zero-order valence-electron chi connectivity index (χ0n) is 11.2. The van der Waals surface area contributed by atoms with Crippen LogP contribution in [0.15, 0.2) is 30.5 Å². The number of halogens is 1. The summed E-state index contributed by atoms with van der Waals surface area (Å²) >= 11 is 6.22. The lowest BCUT2D eigenvalue weighted by Gasteiger charge is -2.16. The summed E-state index contributed by atoms with van der Waals surface area (Å²) in [5.74, 6) is 0. The lowest BCUT2D eigenvalue weighted by molar-refractivity contribution is 0.330. The Bertz CT molecular complexity index is 589. The van der Waals surface area contributed by atoms with Gasteiger partial charge in [-0.05, 0) is 44.7 Å². The molecule has 0 spiro atoms. The summed E-state index contributed by atoms with van der Waals surface area (Å²) in [6.07, 6.45) is 2.97. The summed E-state index contributed by atoms with van der Waals surface area (Å²) in [6.45, 7) is 3.33. The van der Waals surface area contributed by atoms with Crippen molar-refractivity contribution in [2.45, 2.75) is 25.4 Å². The lowest BCUT2D eigenvalue weighted by atomic mass is 10.1. The van der Waals surface area contributed by atoms with E-state index in [0.717, 1.165) is 34.6 Å². The third-order valence-corrected chi connectivity index (χ3v) is 4.29. The van der Waals surface area contributed by atoms with E-state index in [4.69, 9.17) is 11.6 Å². The molecular weight excluding hydrogens is 258 g/mol. The van der Waals surface area contributed by atoms with E-state index < -0.39 is 0 Å². The van der Waals surface area contributed by atoms with E-state index in [0.29, 0.717) is 12.1 Å². The summed E-state index contributed by atoms with van der Waals surface area (Å²) in [7, 11) is 2.17. The highest BCUT2D eigenvalue weighted by Crippen LogP contribution is 2.29. The molecule has 19 heavy (non-hydrogen) atoms. The van der Waals surface area contributed by atoms with Crippen molar-refractivity contribution in [3.05, 3.63) is 35.5 Å².